The van der Waals surface area contributed by atoms with Gasteiger partial charge in [-0.1, -0.05) is 18.2 Å². The Hall–Kier alpha value is -2.27. The number of ether oxygens (including phenoxy) is 1. The van der Waals surface area contributed by atoms with Crippen LogP contribution < -0.4 is 10.5 Å². The summed E-state index contributed by atoms with van der Waals surface area (Å²) >= 11 is 6.17. The number of benzene rings is 1. The second-order valence-electron chi connectivity index (χ2n) is 4.60. The van der Waals surface area contributed by atoms with Gasteiger partial charge in [-0.3, -0.25) is 0 Å². The molecule has 0 amide bonds. The summed E-state index contributed by atoms with van der Waals surface area (Å²) in [4.78, 5) is 14.8. The predicted octanol–water partition coefficient (Wildman–Crippen LogP) is 2.85. The molecule has 110 valence electrons. The fourth-order valence-corrected chi connectivity index (χ4v) is 1.85. The van der Waals surface area contributed by atoms with Crippen LogP contribution in [0.25, 0.3) is 5.70 Å². The van der Waals surface area contributed by atoms with Crippen LogP contribution in [-0.2, 0) is 4.79 Å². The molecule has 0 unspecified atom stereocenters. The van der Waals surface area contributed by atoms with E-state index in [9.17, 15) is 4.79 Å². The minimum absolute atomic E-state index is 0.0926. The van der Waals surface area contributed by atoms with E-state index in [1.165, 1.54) is 6.08 Å². The van der Waals surface area contributed by atoms with Gasteiger partial charge in [0.25, 0.3) is 0 Å². The second kappa shape index (κ2) is 6.45. The van der Waals surface area contributed by atoms with Gasteiger partial charge < -0.3 is 15.6 Å². The molecular formula is C15H15ClN2O3. The molecule has 3 N–H and O–H groups in total. The van der Waals surface area contributed by atoms with E-state index in [4.69, 9.17) is 27.2 Å². The van der Waals surface area contributed by atoms with Crippen molar-refractivity contribution in [3.05, 3.63) is 47.0 Å². The molecule has 21 heavy (non-hydrogen) atoms. The van der Waals surface area contributed by atoms with Crippen molar-refractivity contribution in [3.63, 3.8) is 0 Å². The van der Waals surface area contributed by atoms with Crippen molar-refractivity contribution in [2.45, 2.75) is 18.9 Å². The van der Waals surface area contributed by atoms with Crippen LogP contribution in [0.2, 0.25) is 5.02 Å². The first-order valence-corrected chi connectivity index (χ1v) is 6.74. The SMILES string of the molecule is C=C(/C=C(\N=CN)c1ccc(OC2CC2)c(Cl)c1)C(=O)O. The van der Waals surface area contributed by atoms with Gasteiger partial charge in [0.1, 0.15) is 5.75 Å². The van der Waals surface area contributed by atoms with Crippen molar-refractivity contribution in [1.82, 2.24) is 0 Å². The number of hydrogen-bond donors (Lipinski definition) is 2. The summed E-state index contributed by atoms with van der Waals surface area (Å²) in [5, 5.41) is 9.32. The van der Waals surface area contributed by atoms with E-state index in [0.29, 0.717) is 22.0 Å². The van der Waals surface area contributed by atoms with Crippen LogP contribution in [0.4, 0.5) is 0 Å². The lowest BCUT2D eigenvalue weighted by atomic mass is 10.1. The standard InChI is InChI=1S/C15H15ClN2O3/c1-9(15(19)20)6-13(18-8-17)10-2-5-14(12(16)7-10)21-11-3-4-11/h2,5-8,11H,1,3-4H2,(H2,17,18)(H,19,20)/b13-6-. The number of nitrogens with zero attached hydrogens (tertiary/aromatic N) is 1. The van der Waals surface area contributed by atoms with Gasteiger partial charge in [-0.2, -0.15) is 0 Å². The number of aliphatic imine (C=N–C) groups is 1. The van der Waals surface area contributed by atoms with Crippen LogP contribution in [0.5, 0.6) is 5.75 Å². The van der Waals surface area contributed by atoms with Crippen molar-refractivity contribution < 1.29 is 14.6 Å². The number of rotatable bonds is 6. The fourth-order valence-electron chi connectivity index (χ4n) is 1.62. The number of aliphatic carboxylic acids is 1. The molecule has 0 atom stereocenters. The van der Waals surface area contributed by atoms with E-state index in [-0.39, 0.29) is 11.7 Å². The average Bonchev–Trinajstić information content (AvgIpc) is 3.24. The number of hydrogen-bond acceptors (Lipinski definition) is 3. The molecule has 0 aromatic heterocycles. The summed E-state index contributed by atoms with van der Waals surface area (Å²) in [7, 11) is 0. The monoisotopic (exact) mass is 306 g/mol. The van der Waals surface area contributed by atoms with Crippen molar-refractivity contribution in [2.24, 2.45) is 10.7 Å². The van der Waals surface area contributed by atoms with Crippen LogP contribution in [-0.4, -0.2) is 23.5 Å². The number of halogens is 1. The normalized spacial score (nSPS) is 15.2. The van der Waals surface area contributed by atoms with Gasteiger partial charge in [-0.05, 0) is 37.1 Å². The fraction of sp³-hybridized carbons (Fsp3) is 0.200. The molecular weight excluding hydrogens is 292 g/mol. The maximum atomic E-state index is 10.8. The lowest BCUT2D eigenvalue weighted by Crippen LogP contribution is -1.99. The molecule has 0 aliphatic heterocycles. The largest absolute Gasteiger partial charge is 0.489 e. The van der Waals surface area contributed by atoms with Crippen LogP contribution in [0, 0.1) is 0 Å². The van der Waals surface area contributed by atoms with Gasteiger partial charge in [-0.15, -0.1) is 0 Å². The quantitative estimate of drug-likeness (QED) is 0.366. The highest BCUT2D eigenvalue weighted by Crippen LogP contribution is 2.34. The highest BCUT2D eigenvalue weighted by atomic mass is 35.5. The molecule has 1 saturated carbocycles. The van der Waals surface area contributed by atoms with E-state index in [1.807, 2.05) is 0 Å². The zero-order chi connectivity index (χ0) is 15.4. The van der Waals surface area contributed by atoms with Gasteiger partial charge >= 0.3 is 5.97 Å². The van der Waals surface area contributed by atoms with Crippen LogP contribution in [0.3, 0.4) is 0 Å². The summed E-state index contributed by atoms with van der Waals surface area (Å²) in [5.41, 5.74) is 6.20. The van der Waals surface area contributed by atoms with Crippen LogP contribution in [0.15, 0.2) is 41.4 Å². The van der Waals surface area contributed by atoms with E-state index in [0.717, 1.165) is 19.2 Å². The molecule has 0 spiro atoms. The Morgan fingerprint density at radius 2 is 2.24 bits per heavy atom. The van der Waals surface area contributed by atoms with Gasteiger partial charge in [0.2, 0.25) is 0 Å². The highest BCUT2D eigenvalue weighted by Gasteiger charge is 2.24. The molecule has 2 rings (SSSR count). The minimum Gasteiger partial charge on any atom is -0.489 e. The molecule has 6 heteroatoms. The summed E-state index contributed by atoms with van der Waals surface area (Å²) < 4.78 is 5.64. The van der Waals surface area contributed by atoms with E-state index < -0.39 is 5.97 Å². The molecule has 1 aromatic rings. The lowest BCUT2D eigenvalue weighted by Gasteiger charge is -2.09. The molecule has 0 bridgehead atoms. The first-order valence-electron chi connectivity index (χ1n) is 6.36. The van der Waals surface area contributed by atoms with E-state index in [2.05, 4.69) is 11.6 Å². The third kappa shape index (κ3) is 4.10. The molecule has 0 radical (unpaired) electrons. The number of carboxylic acids is 1. The maximum Gasteiger partial charge on any atom is 0.335 e. The Morgan fingerprint density at radius 1 is 1.52 bits per heavy atom. The molecule has 0 saturated heterocycles. The van der Waals surface area contributed by atoms with Gasteiger partial charge in [0.05, 0.1) is 28.7 Å². The first-order chi connectivity index (χ1) is 10.0. The van der Waals surface area contributed by atoms with Gasteiger partial charge in [0.15, 0.2) is 0 Å². The lowest BCUT2D eigenvalue weighted by molar-refractivity contribution is -0.132. The molecule has 0 heterocycles. The average molecular weight is 307 g/mol. The molecule has 1 aromatic carbocycles. The summed E-state index contributed by atoms with van der Waals surface area (Å²) in [6.07, 6.45) is 4.75. The Labute approximate surface area is 127 Å². The van der Waals surface area contributed by atoms with Gasteiger partial charge in [-0.25, -0.2) is 9.79 Å². The number of carboxylic acid groups (broad SMARTS) is 1. The Bertz CT molecular complexity index is 634. The zero-order valence-corrected chi connectivity index (χ0v) is 12.0. The first kappa shape index (κ1) is 15.1. The summed E-state index contributed by atoms with van der Waals surface area (Å²) in [5.74, 6) is -0.518. The van der Waals surface area contributed by atoms with Crippen LogP contribution >= 0.6 is 11.6 Å². The molecule has 5 nitrogen and oxygen atoms in total. The minimum atomic E-state index is -1.13. The van der Waals surface area contributed by atoms with Crippen molar-refractivity contribution in [2.75, 3.05) is 0 Å². The summed E-state index contributed by atoms with van der Waals surface area (Å²) in [6, 6.07) is 5.14. The smallest absolute Gasteiger partial charge is 0.335 e. The topological polar surface area (TPSA) is 84.9 Å². The Morgan fingerprint density at radius 3 is 2.76 bits per heavy atom. The maximum absolute atomic E-state index is 10.8. The third-order valence-corrected chi connectivity index (χ3v) is 3.14. The molecule has 1 aliphatic rings. The van der Waals surface area contributed by atoms with E-state index in [1.54, 1.807) is 18.2 Å². The van der Waals surface area contributed by atoms with Gasteiger partial charge in [0, 0.05) is 5.56 Å². The summed E-state index contributed by atoms with van der Waals surface area (Å²) in [6.45, 7) is 3.44. The second-order valence-corrected chi connectivity index (χ2v) is 5.01. The zero-order valence-electron chi connectivity index (χ0n) is 11.3. The number of nitrogens with two attached hydrogens (primary N) is 1. The molecule has 1 fully saturated rings. The van der Waals surface area contributed by atoms with Crippen molar-refractivity contribution in [3.8, 4) is 5.75 Å². The molecule has 1 aliphatic carbocycles. The van der Waals surface area contributed by atoms with Crippen LogP contribution in [0.1, 0.15) is 18.4 Å². The Kier molecular flexibility index (Phi) is 4.65. The van der Waals surface area contributed by atoms with Crippen molar-refractivity contribution >= 4 is 29.6 Å². The predicted molar refractivity (Wildman–Crippen MR) is 82.5 cm³/mol. The Balaban J connectivity index is 2.29. The van der Waals surface area contributed by atoms with E-state index >= 15 is 0 Å². The highest BCUT2D eigenvalue weighted by molar-refractivity contribution is 6.32. The van der Waals surface area contributed by atoms with Crippen molar-refractivity contribution in [1.29, 1.82) is 0 Å². The number of carbonyl (C=O) groups is 1. The third-order valence-electron chi connectivity index (χ3n) is 2.84.